The number of primary amides is 1. The Balaban J connectivity index is 3.37. The molecule has 3 N–H and O–H groups in total. The Morgan fingerprint density at radius 2 is 1.95 bits per heavy atom. The lowest BCUT2D eigenvalue weighted by molar-refractivity contribution is -0.141. The predicted molar refractivity (Wildman–Crippen MR) is 71.9 cm³/mol. The normalized spacial score (nSPS) is 12.3. The minimum absolute atomic E-state index is 0.0120. The molecule has 1 amide bonds. The molecule has 0 bridgehead atoms. The first kappa shape index (κ1) is 17.2. The average molecular weight is 305 g/mol. The number of nitrogens with zero attached hydrogens (tertiary/aromatic N) is 2. The number of nitrogens with two attached hydrogens (primary N) is 1. The number of aliphatic hydroxyl groups is 1. The van der Waals surface area contributed by atoms with E-state index in [1.807, 2.05) is 0 Å². The molecule has 1 aromatic heterocycles. The largest absolute Gasteiger partial charge is 0.433 e. The van der Waals surface area contributed by atoms with Gasteiger partial charge < -0.3 is 15.7 Å². The minimum Gasteiger partial charge on any atom is -0.389 e. The fraction of sp³-hybridized carbons (Fsp3) is 0.538. The minimum atomic E-state index is -4.63. The molecule has 118 valence electrons. The fourth-order valence-corrected chi connectivity index (χ4v) is 1.84. The van der Waals surface area contributed by atoms with Crippen molar-refractivity contribution in [1.82, 2.24) is 4.98 Å². The highest BCUT2D eigenvalue weighted by Gasteiger charge is 2.34. The van der Waals surface area contributed by atoms with Crippen LogP contribution in [0.1, 0.15) is 36.8 Å². The van der Waals surface area contributed by atoms with Crippen molar-refractivity contribution >= 4 is 11.7 Å². The zero-order valence-electron chi connectivity index (χ0n) is 12.0. The van der Waals surface area contributed by atoms with Crippen LogP contribution < -0.4 is 10.6 Å². The molecule has 0 aliphatic carbocycles. The van der Waals surface area contributed by atoms with Crippen LogP contribution in [-0.4, -0.2) is 34.7 Å². The molecule has 0 aliphatic rings. The van der Waals surface area contributed by atoms with Crippen LogP contribution in [0, 0.1) is 0 Å². The standard InChI is InChI=1S/C13H18F3N3O2/c1-4-19(7-12(2,3)21)11-8(10(17)20)5-6-9(18-11)13(14,15)16/h5-6,21H,4,7H2,1-3H3,(H2,17,20). The lowest BCUT2D eigenvalue weighted by Gasteiger charge is -2.30. The number of alkyl halides is 3. The second kappa shape index (κ2) is 5.88. The van der Waals surface area contributed by atoms with E-state index in [-0.39, 0.29) is 24.5 Å². The number of likely N-dealkylation sites (N-methyl/N-ethyl adjacent to an activating group) is 1. The van der Waals surface area contributed by atoms with Gasteiger partial charge >= 0.3 is 6.18 Å². The molecule has 0 aliphatic heterocycles. The molecule has 0 aromatic carbocycles. The highest BCUT2D eigenvalue weighted by atomic mass is 19.4. The van der Waals surface area contributed by atoms with Crippen LogP contribution in [0.2, 0.25) is 0 Å². The summed E-state index contributed by atoms with van der Waals surface area (Å²) in [5, 5.41) is 9.83. The summed E-state index contributed by atoms with van der Waals surface area (Å²) in [5.74, 6) is -1.05. The first-order chi connectivity index (χ1) is 9.45. The summed E-state index contributed by atoms with van der Waals surface area (Å²) >= 11 is 0. The zero-order chi connectivity index (χ0) is 16.4. The molecule has 8 heteroatoms. The lowest BCUT2D eigenvalue weighted by Crippen LogP contribution is -2.40. The summed E-state index contributed by atoms with van der Waals surface area (Å²) in [7, 11) is 0. The monoisotopic (exact) mass is 305 g/mol. The molecule has 1 rings (SSSR count). The van der Waals surface area contributed by atoms with Gasteiger partial charge in [-0.3, -0.25) is 4.79 Å². The van der Waals surface area contributed by atoms with Crippen LogP contribution in [0.4, 0.5) is 19.0 Å². The van der Waals surface area contributed by atoms with Crippen LogP contribution >= 0.6 is 0 Å². The van der Waals surface area contributed by atoms with Crippen LogP contribution in [0.15, 0.2) is 12.1 Å². The smallest absolute Gasteiger partial charge is 0.389 e. The zero-order valence-corrected chi connectivity index (χ0v) is 12.0. The summed E-state index contributed by atoms with van der Waals surface area (Å²) in [6, 6.07) is 1.71. The summed E-state index contributed by atoms with van der Waals surface area (Å²) in [5.41, 5.74) is 2.78. The third-order valence-electron chi connectivity index (χ3n) is 2.69. The number of aromatic nitrogens is 1. The molecular weight excluding hydrogens is 287 g/mol. The molecule has 0 fully saturated rings. The van der Waals surface area contributed by atoms with Crippen molar-refractivity contribution in [3.8, 4) is 0 Å². The SMILES string of the molecule is CCN(CC(C)(C)O)c1nc(C(F)(F)F)ccc1C(N)=O. The summed E-state index contributed by atoms with van der Waals surface area (Å²) in [6.07, 6.45) is -4.63. The maximum atomic E-state index is 12.8. The van der Waals surface area contributed by atoms with Crippen LogP contribution in [-0.2, 0) is 6.18 Å². The van der Waals surface area contributed by atoms with Crippen LogP contribution in [0.25, 0.3) is 0 Å². The van der Waals surface area contributed by atoms with Gasteiger partial charge in [0.15, 0.2) is 0 Å². The van der Waals surface area contributed by atoms with Crippen molar-refractivity contribution in [2.24, 2.45) is 5.73 Å². The quantitative estimate of drug-likeness (QED) is 0.869. The van der Waals surface area contributed by atoms with E-state index in [9.17, 15) is 23.1 Å². The van der Waals surface area contributed by atoms with E-state index in [1.54, 1.807) is 6.92 Å². The van der Waals surface area contributed by atoms with Gasteiger partial charge in [0.25, 0.3) is 5.91 Å². The van der Waals surface area contributed by atoms with Crippen molar-refractivity contribution in [3.05, 3.63) is 23.4 Å². The molecule has 0 saturated heterocycles. The number of hydrogen-bond donors (Lipinski definition) is 2. The molecule has 0 saturated carbocycles. The second-order valence-electron chi connectivity index (χ2n) is 5.26. The molecule has 0 spiro atoms. The third-order valence-corrected chi connectivity index (χ3v) is 2.69. The maximum Gasteiger partial charge on any atom is 0.433 e. The highest BCUT2D eigenvalue weighted by Crippen LogP contribution is 2.30. The Labute approximate surface area is 120 Å². The van der Waals surface area contributed by atoms with Gasteiger partial charge in [-0.15, -0.1) is 0 Å². The van der Waals surface area contributed by atoms with Crippen molar-refractivity contribution in [2.45, 2.75) is 32.5 Å². The number of anilines is 1. The Morgan fingerprint density at radius 1 is 1.38 bits per heavy atom. The Bertz CT molecular complexity index is 524. The molecule has 0 radical (unpaired) electrons. The Kier molecular flexibility index (Phi) is 4.83. The Morgan fingerprint density at radius 3 is 2.33 bits per heavy atom. The van der Waals surface area contributed by atoms with E-state index in [1.165, 1.54) is 18.7 Å². The molecular formula is C13H18F3N3O2. The summed E-state index contributed by atoms with van der Waals surface area (Å²) < 4.78 is 38.3. The molecule has 0 unspecified atom stereocenters. The molecule has 21 heavy (non-hydrogen) atoms. The van der Waals surface area contributed by atoms with Crippen molar-refractivity contribution < 1.29 is 23.1 Å². The van der Waals surface area contributed by atoms with Crippen LogP contribution in [0.5, 0.6) is 0 Å². The topological polar surface area (TPSA) is 79.4 Å². The number of pyridine rings is 1. The lowest BCUT2D eigenvalue weighted by atomic mass is 10.1. The van der Waals surface area contributed by atoms with Crippen molar-refractivity contribution in [2.75, 3.05) is 18.0 Å². The van der Waals surface area contributed by atoms with Gasteiger partial charge in [-0.2, -0.15) is 13.2 Å². The predicted octanol–water partition coefficient (Wildman–Crippen LogP) is 1.80. The summed E-state index contributed by atoms with van der Waals surface area (Å²) in [6.45, 7) is 4.97. The number of halogens is 3. The van der Waals surface area contributed by atoms with Gasteiger partial charge in [-0.05, 0) is 32.9 Å². The van der Waals surface area contributed by atoms with Gasteiger partial charge in [0.1, 0.15) is 11.5 Å². The summed E-state index contributed by atoms with van der Waals surface area (Å²) in [4.78, 5) is 16.3. The average Bonchev–Trinajstić information content (AvgIpc) is 2.33. The van der Waals surface area contributed by atoms with Gasteiger partial charge in [-0.25, -0.2) is 4.98 Å². The molecule has 1 heterocycles. The van der Waals surface area contributed by atoms with E-state index in [0.717, 1.165) is 6.07 Å². The molecule has 0 atom stereocenters. The number of amides is 1. The van der Waals surface area contributed by atoms with Crippen molar-refractivity contribution in [1.29, 1.82) is 0 Å². The first-order valence-corrected chi connectivity index (χ1v) is 6.31. The van der Waals surface area contributed by atoms with E-state index in [2.05, 4.69) is 4.98 Å². The van der Waals surface area contributed by atoms with E-state index in [0.29, 0.717) is 6.07 Å². The van der Waals surface area contributed by atoms with E-state index in [4.69, 9.17) is 5.73 Å². The third kappa shape index (κ3) is 4.59. The van der Waals surface area contributed by atoms with Gasteiger partial charge in [-0.1, -0.05) is 0 Å². The highest BCUT2D eigenvalue weighted by molar-refractivity contribution is 5.97. The van der Waals surface area contributed by atoms with Gasteiger partial charge in [0.05, 0.1) is 11.2 Å². The Hall–Kier alpha value is -1.83. The number of rotatable bonds is 5. The first-order valence-electron chi connectivity index (χ1n) is 6.31. The maximum absolute atomic E-state index is 12.8. The number of carbonyl (C=O) groups is 1. The van der Waals surface area contributed by atoms with Gasteiger partial charge in [0.2, 0.25) is 0 Å². The van der Waals surface area contributed by atoms with E-state index < -0.39 is 23.4 Å². The molecule has 1 aromatic rings. The van der Waals surface area contributed by atoms with Gasteiger partial charge in [0, 0.05) is 13.1 Å². The fourth-order valence-electron chi connectivity index (χ4n) is 1.84. The molecule has 5 nitrogen and oxygen atoms in total. The second-order valence-corrected chi connectivity index (χ2v) is 5.26. The van der Waals surface area contributed by atoms with Crippen molar-refractivity contribution in [3.63, 3.8) is 0 Å². The number of hydrogen-bond acceptors (Lipinski definition) is 4. The number of carbonyl (C=O) groups excluding carboxylic acids is 1. The van der Waals surface area contributed by atoms with Crippen LogP contribution in [0.3, 0.4) is 0 Å². The van der Waals surface area contributed by atoms with E-state index >= 15 is 0 Å².